The summed E-state index contributed by atoms with van der Waals surface area (Å²) in [5.74, 6) is -0.110. The molecule has 0 aromatic heterocycles. The molecule has 1 rings (SSSR count). The molecule has 5 nitrogen and oxygen atoms in total. The van der Waals surface area contributed by atoms with Crippen LogP contribution in [0.1, 0.15) is 40.0 Å². The quantitative estimate of drug-likeness (QED) is 0.744. The summed E-state index contributed by atoms with van der Waals surface area (Å²) in [6, 6.07) is 6.94. The second-order valence-electron chi connectivity index (χ2n) is 6.03. The summed E-state index contributed by atoms with van der Waals surface area (Å²) < 4.78 is 25.4. The predicted octanol–water partition coefficient (Wildman–Crippen LogP) is 3.17. The van der Waals surface area contributed by atoms with Crippen LogP contribution in [0.4, 0.5) is 5.69 Å². The van der Waals surface area contributed by atoms with Crippen LogP contribution in [0.5, 0.6) is 0 Å². The highest BCUT2D eigenvalue weighted by atomic mass is 35.5. The summed E-state index contributed by atoms with van der Waals surface area (Å²) in [6.07, 6.45) is 1.56. The van der Waals surface area contributed by atoms with Gasteiger partial charge in [-0.1, -0.05) is 17.7 Å². The number of hydrogen-bond donors (Lipinski definition) is 2. The fourth-order valence-corrected chi connectivity index (χ4v) is 2.66. The van der Waals surface area contributed by atoms with Crippen molar-refractivity contribution in [1.29, 1.82) is 0 Å². The molecule has 2 N–H and O–H groups in total. The first-order chi connectivity index (χ1) is 10.1. The first-order valence-corrected chi connectivity index (χ1v) is 9.02. The van der Waals surface area contributed by atoms with Crippen LogP contribution in [-0.2, 0) is 14.8 Å². The van der Waals surface area contributed by atoms with Crippen LogP contribution in [0.25, 0.3) is 0 Å². The lowest BCUT2D eigenvalue weighted by Crippen LogP contribution is -2.39. The number of nitrogens with one attached hydrogen (secondary N) is 2. The van der Waals surface area contributed by atoms with Gasteiger partial charge in [0.25, 0.3) is 0 Å². The van der Waals surface area contributed by atoms with Crippen molar-refractivity contribution in [3.05, 3.63) is 29.3 Å². The van der Waals surface area contributed by atoms with Gasteiger partial charge in [-0.25, -0.2) is 13.1 Å². The van der Waals surface area contributed by atoms with Crippen LogP contribution < -0.4 is 10.0 Å². The van der Waals surface area contributed by atoms with E-state index in [1.165, 1.54) is 0 Å². The number of sulfonamides is 1. The van der Waals surface area contributed by atoms with Crippen LogP contribution in [0.3, 0.4) is 0 Å². The zero-order chi connectivity index (χ0) is 16.8. The Hall–Kier alpha value is -1.11. The average molecular weight is 347 g/mol. The Bertz CT molecular complexity index is 609. The first-order valence-electron chi connectivity index (χ1n) is 7.16. The van der Waals surface area contributed by atoms with Crippen molar-refractivity contribution < 1.29 is 13.2 Å². The lowest BCUT2D eigenvalue weighted by molar-refractivity contribution is -0.116. The molecule has 0 aliphatic carbocycles. The predicted molar refractivity (Wildman–Crippen MR) is 90.6 cm³/mol. The zero-order valence-electron chi connectivity index (χ0n) is 13.1. The van der Waals surface area contributed by atoms with Crippen molar-refractivity contribution in [1.82, 2.24) is 4.72 Å². The fraction of sp³-hybridized carbons (Fsp3) is 0.533. The van der Waals surface area contributed by atoms with Crippen molar-refractivity contribution in [3.8, 4) is 0 Å². The molecule has 0 atom stereocenters. The smallest absolute Gasteiger partial charge is 0.224 e. The Morgan fingerprint density at radius 1 is 1.23 bits per heavy atom. The minimum Gasteiger partial charge on any atom is -0.326 e. The van der Waals surface area contributed by atoms with Crippen molar-refractivity contribution in [3.63, 3.8) is 0 Å². The van der Waals surface area contributed by atoms with Crippen LogP contribution in [0.15, 0.2) is 24.3 Å². The van der Waals surface area contributed by atoms with Gasteiger partial charge >= 0.3 is 0 Å². The van der Waals surface area contributed by atoms with Gasteiger partial charge in [0.15, 0.2) is 0 Å². The largest absolute Gasteiger partial charge is 0.326 e. The highest BCUT2D eigenvalue weighted by molar-refractivity contribution is 7.90. The molecule has 1 amide bonds. The molecule has 0 bridgehead atoms. The van der Waals surface area contributed by atoms with Crippen molar-refractivity contribution >= 4 is 33.2 Å². The average Bonchev–Trinajstić information content (AvgIpc) is 2.36. The Morgan fingerprint density at radius 3 is 2.50 bits per heavy atom. The summed E-state index contributed by atoms with van der Waals surface area (Å²) in [7, 11) is -3.32. The highest BCUT2D eigenvalue weighted by Gasteiger charge is 2.27. The molecule has 22 heavy (non-hydrogen) atoms. The zero-order valence-corrected chi connectivity index (χ0v) is 14.7. The molecular formula is C15H23ClN2O3S. The summed E-state index contributed by atoms with van der Waals surface area (Å²) in [6.45, 7) is 5.28. The van der Waals surface area contributed by atoms with Crippen LogP contribution in [0.2, 0.25) is 5.02 Å². The molecule has 124 valence electrons. The molecular weight excluding hydrogens is 324 g/mol. The Balaban J connectivity index is 2.26. The van der Waals surface area contributed by atoms with Crippen molar-refractivity contribution in [2.75, 3.05) is 11.9 Å². The third kappa shape index (κ3) is 6.34. The second kappa shape index (κ2) is 7.94. The molecule has 7 heteroatoms. The number of benzene rings is 1. The number of hydrogen-bond acceptors (Lipinski definition) is 3. The van der Waals surface area contributed by atoms with Gasteiger partial charge in [0.1, 0.15) is 0 Å². The van der Waals surface area contributed by atoms with Gasteiger partial charge < -0.3 is 5.32 Å². The van der Waals surface area contributed by atoms with E-state index in [-0.39, 0.29) is 5.91 Å². The van der Waals surface area contributed by atoms with Gasteiger partial charge in [-0.05, 0) is 51.8 Å². The maximum Gasteiger partial charge on any atom is 0.224 e. The van der Waals surface area contributed by atoms with Crippen molar-refractivity contribution in [2.45, 2.75) is 44.8 Å². The van der Waals surface area contributed by atoms with E-state index in [0.29, 0.717) is 36.5 Å². The molecule has 1 aromatic carbocycles. The summed E-state index contributed by atoms with van der Waals surface area (Å²) in [4.78, 5) is 11.8. The SMILES string of the molecule is CC(C)(C)S(=O)(=O)NCCCCC(=O)Nc1cccc(Cl)c1. The van der Waals surface area contributed by atoms with E-state index in [2.05, 4.69) is 10.0 Å². The molecule has 0 unspecified atom stereocenters. The van der Waals surface area contributed by atoms with Gasteiger partial charge in [-0.2, -0.15) is 0 Å². The molecule has 0 radical (unpaired) electrons. The monoisotopic (exact) mass is 346 g/mol. The van der Waals surface area contributed by atoms with E-state index in [1.54, 1.807) is 45.0 Å². The topological polar surface area (TPSA) is 75.3 Å². The normalized spacial score (nSPS) is 12.2. The first kappa shape index (κ1) is 18.9. The highest BCUT2D eigenvalue weighted by Crippen LogP contribution is 2.15. The molecule has 0 heterocycles. The van der Waals surface area contributed by atoms with Gasteiger partial charge in [0.05, 0.1) is 4.75 Å². The van der Waals surface area contributed by atoms with Crippen molar-refractivity contribution in [2.24, 2.45) is 0 Å². The van der Waals surface area contributed by atoms with Gasteiger partial charge in [0, 0.05) is 23.7 Å². The lowest BCUT2D eigenvalue weighted by atomic mass is 10.2. The Morgan fingerprint density at radius 2 is 1.91 bits per heavy atom. The van der Waals surface area contributed by atoms with Crippen LogP contribution in [0, 0.1) is 0 Å². The van der Waals surface area contributed by atoms with E-state index in [1.807, 2.05) is 0 Å². The summed E-state index contributed by atoms with van der Waals surface area (Å²) in [5.41, 5.74) is 0.658. The molecule has 0 fully saturated rings. The molecule has 1 aromatic rings. The van der Waals surface area contributed by atoms with Crippen LogP contribution >= 0.6 is 11.6 Å². The van der Waals surface area contributed by atoms with Gasteiger partial charge in [-0.15, -0.1) is 0 Å². The molecule has 0 saturated carbocycles. The molecule has 0 aliphatic rings. The minimum atomic E-state index is -3.32. The number of carbonyl (C=O) groups excluding carboxylic acids is 1. The molecule has 0 spiro atoms. The Kier molecular flexibility index (Phi) is 6.84. The minimum absolute atomic E-state index is 0.110. The number of unbranched alkanes of at least 4 members (excludes halogenated alkanes) is 1. The van der Waals surface area contributed by atoms with E-state index in [9.17, 15) is 13.2 Å². The number of rotatable bonds is 7. The maximum atomic E-state index is 11.8. The number of amides is 1. The molecule has 0 saturated heterocycles. The third-order valence-corrected chi connectivity index (χ3v) is 5.47. The van der Waals surface area contributed by atoms with Gasteiger partial charge in [-0.3, -0.25) is 4.79 Å². The number of anilines is 1. The maximum absolute atomic E-state index is 11.8. The van der Waals surface area contributed by atoms with E-state index in [4.69, 9.17) is 11.6 Å². The fourth-order valence-electron chi connectivity index (χ4n) is 1.62. The Labute approximate surface area is 137 Å². The van der Waals surface area contributed by atoms with E-state index < -0.39 is 14.8 Å². The van der Waals surface area contributed by atoms with E-state index in [0.717, 1.165) is 0 Å². The number of halogens is 1. The molecule has 0 aliphatic heterocycles. The lowest BCUT2D eigenvalue weighted by Gasteiger charge is -2.19. The standard InChI is InChI=1S/C15H23ClN2O3S/c1-15(2,3)22(20,21)17-10-5-4-9-14(19)18-13-8-6-7-12(16)11-13/h6-8,11,17H,4-5,9-10H2,1-3H3,(H,18,19). The summed E-state index contributed by atoms with van der Waals surface area (Å²) >= 11 is 5.84. The van der Waals surface area contributed by atoms with E-state index >= 15 is 0 Å². The second-order valence-corrected chi connectivity index (χ2v) is 8.98. The van der Waals surface area contributed by atoms with Crippen LogP contribution in [-0.4, -0.2) is 25.6 Å². The summed E-state index contributed by atoms with van der Waals surface area (Å²) in [5, 5.41) is 3.32. The third-order valence-electron chi connectivity index (χ3n) is 3.04. The van der Waals surface area contributed by atoms with Gasteiger partial charge in [0.2, 0.25) is 15.9 Å². The number of carbonyl (C=O) groups is 1.